The number of amides is 1. The zero-order valence-electron chi connectivity index (χ0n) is 22.0. The van der Waals surface area contributed by atoms with E-state index in [-0.39, 0.29) is 11.9 Å². The number of aryl methyl sites for hydroxylation is 3. The van der Waals surface area contributed by atoms with Crippen LogP contribution in [0.5, 0.6) is 0 Å². The Bertz CT molecular complexity index is 1570. The standard InChI is InChI=1S/C33H33N3O/c1-5-29(24-12-8-7-9-13-24)35-33(37)25-17-19-31-30(21-25)34-32(36(31)6-2)28-15-11-10-14-27(28)26-18-16-22(3)20-23(26)4/h7-21,29H,5-6H2,1-4H3,(H,35,37)/t29-/m0/s1. The van der Waals surface area contributed by atoms with E-state index in [0.29, 0.717) is 5.56 Å². The highest BCUT2D eigenvalue weighted by molar-refractivity contribution is 5.98. The molecule has 37 heavy (non-hydrogen) atoms. The Hall–Kier alpha value is -4.18. The Morgan fingerprint density at radius 1 is 0.838 bits per heavy atom. The average Bonchev–Trinajstić information content (AvgIpc) is 3.30. The minimum absolute atomic E-state index is 0.0298. The highest BCUT2D eigenvalue weighted by atomic mass is 16.1. The highest BCUT2D eigenvalue weighted by Gasteiger charge is 2.19. The van der Waals surface area contributed by atoms with Crippen LogP contribution in [0.4, 0.5) is 0 Å². The lowest BCUT2D eigenvalue weighted by atomic mass is 9.94. The zero-order valence-corrected chi connectivity index (χ0v) is 22.0. The van der Waals surface area contributed by atoms with Gasteiger partial charge in [0.05, 0.1) is 17.1 Å². The van der Waals surface area contributed by atoms with Crippen LogP contribution in [0, 0.1) is 13.8 Å². The molecule has 4 heteroatoms. The molecule has 5 rings (SSSR count). The average molecular weight is 488 g/mol. The monoisotopic (exact) mass is 487 g/mol. The minimum Gasteiger partial charge on any atom is -0.345 e. The fourth-order valence-electron chi connectivity index (χ4n) is 5.17. The van der Waals surface area contributed by atoms with Crippen LogP contribution in [0.2, 0.25) is 0 Å². The van der Waals surface area contributed by atoms with E-state index in [9.17, 15) is 4.79 Å². The van der Waals surface area contributed by atoms with E-state index in [0.717, 1.165) is 46.5 Å². The number of rotatable bonds is 7. The van der Waals surface area contributed by atoms with Gasteiger partial charge < -0.3 is 9.88 Å². The third-order valence-electron chi connectivity index (χ3n) is 7.08. The van der Waals surface area contributed by atoms with E-state index in [4.69, 9.17) is 4.98 Å². The second-order valence-electron chi connectivity index (χ2n) is 9.59. The fourth-order valence-corrected chi connectivity index (χ4v) is 5.17. The van der Waals surface area contributed by atoms with Gasteiger partial charge in [-0.3, -0.25) is 4.79 Å². The molecule has 5 aromatic rings. The van der Waals surface area contributed by atoms with Crippen molar-refractivity contribution in [2.45, 2.75) is 46.7 Å². The molecular formula is C33H33N3O. The van der Waals surface area contributed by atoms with Gasteiger partial charge in [0, 0.05) is 17.7 Å². The number of hydrogen-bond acceptors (Lipinski definition) is 2. The SMILES string of the molecule is CC[C@H](NC(=O)c1ccc2c(c1)nc(-c1ccccc1-c1ccc(C)cc1C)n2CC)c1ccccc1. The molecule has 1 atom stereocenters. The predicted molar refractivity (Wildman–Crippen MR) is 153 cm³/mol. The molecular weight excluding hydrogens is 454 g/mol. The summed E-state index contributed by atoms with van der Waals surface area (Å²) >= 11 is 0. The van der Waals surface area contributed by atoms with Crippen LogP contribution in [0.25, 0.3) is 33.5 Å². The fraction of sp³-hybridized carbons (Fsp3) is 0.212. The van der Waals surface area contributed by atoms with Gasteiger partial charge in [-0.05, 0) is 67.6 Å². The molecule has 1 heterocycles. The number of benzene rings is 4. The molecule has 0 aliphatic carbocycles. The number of nitrogens with one attached hydrogen (secondary N) is 1. The first-order valence-corrected chi connectivity index (χ1v) is 13.0. The smallest absolute Gasteiger partial charge is 0.251 e. The number of carbonyl (C=O) groups is 1. The summed E-state index contributed by atoms with van der Waals surface area (Å²) in [5.74, 6) is 0.835. The molecule has 0 aliphatic rings. The molecule has 0 unspecified atom stereocenters. The van der Waals surface area contributed by atoms with Crippen LogP contribution in [-0.4, -0.2) is 15.5 Å². The number of carbonyl (C=O) groups excluding carboxylic acids is 1. The largest absolute Gasteiger partial charge is 0.345 e. The second kappa shape index (κ2) is 10.4. The molecule has 0 saturated heterocycles. The molecule has 1 N–H and O–H groups in total. The minimum atomic E-state index is -0.0825. The zero-order chi connectivity index (χ0) is 25.9. The summed E-state index contributed by atoms with van der Waals surface area (Å²) in [4.78, 5) is 18.3. The Labute approximate surface area is 219 Å². The summed E-state index contributed by atoms with van der Waals surface area (Å²) < 4.78 is 2.23. The van der Waals surface area contributed by atoms with Crippen LogP contribution in [0.3, 0.4) is 0 Å². The van der Waals surface area contributed by atoms with E-state index in [1.807, 2.05) is 36.4 Å². The van der Waals surface area contributed by atoms with Crippen molar-refractivity contribution in [2.24, 2.45) is 0 Å². The first kappa shape index (κ1) is 24.5. The summed E-state index contributed by atoms with van der Waals surface area (Å²) in [6.07, 6.45) is 0.821. The van der Waals surface area contributed by atoms with Crippen LogP contribution in [0.1, 0.15) is 53.4 Å². The Balaban J connectivity index is 1.54. The van der Waals surface area contributed by atoms with Crippen molar-refractivity contribution in [3.05, 3.63) is 113 Å². The first-order valence-electron chi connectivity index (χ1n) is 13.0. The summed E-state index contributed by atoms with van der Waals surface area (Å²) in [5.41, 5.74) is 9.55. The molecule has 0 saturated carbocycles. The van der Waals surface area contributed by atoms with Crippen LogP contribution in [-0.2, 0) is 6.54 Å². The van der Waals surface area contributed by atoms with Gasteiger partial charge in [0.25, 0.3) is 5.91 Å². The maximum Gasteiger partial charge on any atom is 0.251 e. The number of imidazole rings is 1. The molecule has 186 valence electrons. The Morgan fingerprint density at radius 3 is 2.27 bits per heavy atom. The molecule has 0 radical (unpaired) electrons. The van der Waals surface area contributed by atoms with Gasteiger partial charge in [-0.15, -0.1) is 0 Å². The van der Waals surface area contributed by atoms with Gasteiger partial charge in [0.15, 0.2) is 0 Å². The van der Waals surface area contributed by atoms with Gasteiger partial charge >= 0.3 is 0 Å². The molecule has 4 nitrogen and oxygen atoms in total. The summed E-state index contributed by atoms with van der Waals surface area (Å²) in [6, 6.07) is 31.0. The normalized spacial score (nSPS) is 12.0. The first-order chi connectivity index (χ1) is 18.0. The summed E-state index contributed by atoms with van der Waals surface area (Å²) in [5, 5.41) is 3.20. The molecule has 1 aromatic heterocycles. The summed E-state index contributed by atoms with van der Waals surface area (Å²) in [6.45, 7) is 9.28. The van der Waals surface area contributed by atoms with Gasteiger partial charge in [0.1, 0.15) is 5.82 Å². The van der Waals surface area contributed by atoms with Crippen molar-refractivity contribution < 1.29 is 4.79 Å². The van der Waals surface area contributed by atoms with Gasteiger partial charge in [0.2, 0.25) is 0 Å². The lowest BCUT2D eigenvalue weighted by Crippen LogP contribution is -2.28. The third kappa shape index (κ3) is 4.79. The maximum atomic E-state index is 13.2. The van der Waals surface area contributed by atoms with Crippen molar-refractivity contribution in [1.29, 1.82) is 0 Å². The van der Waals surface area contributed by atoms with Crippen LogP contribution < -0.4 is 5.32 Å². The van der Waals surface area contributed by atoms with E-state index in [1.165, 1.54) is 16.7 Å². The molecule has 0 fully saturated rings. The van der Waals surface area contributed by atoms with E-state index in [1.54, 1.807) is 0 Å². The van der Waals surface area contributed by atoms with Gasteiger partial charge in [-0.1, -0.05) is 85.3 Å². The number of nitrogens with zero attached hydrogens (tertiary/aromatic N) is 2. The molecule has 0 aliphatic heterocycles. The third-order valence-corrected chi connectivity index (χ3v) is 7.08. The molecule has 4 aromatic carbocycles. The maximum absolute atomic E-state index is 13.2. The second-order valence-corrected chi connectivity index (χ2v) is 9.59. The van der Waals surface area contributed by atoms with Crippen molar-refractivity contribution in [3.8, 4) is 22.5 Å². The van der Waals surface area contributed by atoms with Crippen molar-refractivity contribution in [3.63, 3.8) is 0 Å². The lowest BCUT2D eigenvalue weighted by molar-refractivity contribution is 0.0935. The number of fused-ring (bicyclic) bond motifs is 1. The predicted octanol–water partition coefficient (Wildman–Crippen LogP) is 7.89. The molecule has 1 amide bonds. The quantitative estimate of drug-likeness (QED) is 0.254. The highest BCUT2D eigenvalue weighted by Crippen LogP contribution is 2.35. The van der Waals surface area contributed by atoms with Crippen LogP contribution >= 0.6 is 0 Å². The van der Waals surface area contributed by atoms with Crippen LogP contribution in [0.15, 0.2) is 91.0 Å². The van der Waals surface area contributed by atoms with Gasteiger partial charge in [-0.2, -0.15) is 0 Å². The van der Waals surface area contributed by atoms with Gasteiger partial charge in [-0.25, -0.2) is 4.98 Å². The van der Waals surface area contributed by atoms with Crippen molar-refractivity contribution in [1.82, 2.24) is 14.9 Å². The number of aromatic nitrogens is 2. The van der Waals surface area contributed by atoms with Crippen molar-refractivity contribution in [2.75, 3.05) is 0 Å². The van der Waals surface area contributed by atoms with E-state index in [2.05, 4.69) is 92.2 Å². The Morgan fingerprint density at radius 2 is 1.57 bits per heavy atom. The van der Waals surface area contributed by atoms with E-state index >= 15 is 0 Å². The number of hydrogen-bond donors (Lipinski definition) is 1. The van der Waals surface area contributed by atoms with E-state index < -0.39 is 0 Å². The molecule has 0 bridgehead atoms. The molecule has 0 spiro atoms. The van der Waals surface area contributed by atoms with Crippen molar-refractivity contribution >= 4 is 16.9 Å². The Kier molecular flexibility index (Phi) is 6.91. The topological polar surface area (TPSA) is 46.9 Å². The summed E-state index contributed by atoms with van der Waals surface area (Å²) in [7, 11) is 0. The lowest BCUT2D eigenvalue weighted by Gasteiger charge is -2.17.